The topological polar surface area (TPSA) is 72.9 Å². The van der Waals surface area contributed by atoms with Crippen molar-refractivity contribution >= 4 is 11.8 Å². The Morgan fingerprint density at radius 1 is 1.26 bits per heavy atom. The Labute approximate surface area is 158 Å². The van der Waals surface area contributed by atoms with Crippen molar-refractivity contribution in [3.05, 3.63) is 34.6 Å². The number of piperidine rings is 1. The van der Waals surface area contributed by atoms with Crippen molar-refractivity contribution in [1.82, 2.24) is 15.3 Å². The number of amides is 2. The summed E-state index contributed by atoms with van der Waals surface area (Å²) in [6, 6.07) is 3.13. The van der Waals surface area contributed by atoms with Crippen molar-refractivity contribution in [2.24, 2.45) is 0 Å². The average Bonchev–Trinajstić information content (AvgIpc) is 2.66. The van der Waals surface area contributed by atoms with Crippen LogP contribution >= 0.6 is 0 Å². The van der Waals surface area contributed by atoms with E-state index in [9.17, 15) is 14.0 Å². The zero-order valence-electron chi connectivity index (χ0n) is 15.6. The maximum Gasteiger partial charge on any atom is 0.274 e. The van der Waals surface area contributed by atoms with E-state index in [-0.39, 0.29) is 23.1 Å². The van der Waals surface area contributed by atoms with Gasteiger partial charge in [0.15, 0.2) is 0 Å². The summed E-state index contributed by atoms with van der Waals surface area (Å²) in [5.74, 6) is -0.963. The standard InChI is InChI=1S/C20H26FN3O3/c1-13(25)24-8-3-2-6-20(24)7-4-18(20)23-9-5-14-10-15(19(26)22-27)11-17(21)16(14)12-23/h10-11,18,27H,2-9,12H2,1H3,(H,22,26)/t18-,20+/m0/s1. The number of hydrogen-bond acceptors (Lipinski definition) is 4. The first-order chi connectivity index (χ1) is 13.0. The monoisotopic (exact) mass is 375 g/mol. The third-order valence-corrected chi connectivity index (χ3v) is 6.75. The van der Waals surface area contributed by atoms with E-state index in [4.69, 9.17) is 5.21 Å². The number of carbonyl (C=O) groups excluding carboxylic acids is 2. The fourth-order valence-corrected chi connectivity index (χ4v) is 5.37. The van der Waals surface area contributed by atoms with Gasteiger partial charge in [-0.15, -0.1) is 0 Å². The molecule has 2 aliphatic heterocycles. The SMILES string of the molecule is CC(=O)N1CCCC[C@]12CC[C@@H]2N1CCc2cc(C(=O)NO)cc(F)c2C1. The molecule has 2 N–H and O–H groups in total. The molecule has 2 amide bonds. The summed E-state index contributed by atoms with van der Waals surface area (Å²) in [6.07, 6.45) is 5.94. The molecule has 1 aromatic carbocycles. The van der Waals surface area contributed by atoms with Crippen LogP contribution in [0.2, 0.25) is 0 Å². The summed E-state index contributed by atoms with van der Waals surface area (Å²) < 4.78 is 14.7. The van der Waals surface area contributed by atoms with Crippen LogP contribution in [0, 0.1) is 5.82 Å². The molecule has 0 bridgehead atoms. The van der Waals surface area contributed by atoms with E-state index in [1.807, 2.05) is 0 Å². The number of halogens is 1. The van der Waals surface area contributed by atoms with Crippen molar-refractivity contribution in [1.29, 1.82) is 0 Å². The minimum atomic E-state index is -0.698. The Balaban J connectivity index is 1.58. The first kappa shape index (κ1) is 18.4. The second-order valence-electron chi connectivity index (χ2n) is 8.04. The van der Waals surface area contributed by atoms with Gasteiger partial charge in [0.2, 0.25) is 5.91 Å². The molecule has 146 valence electrons. The number of benzene rings is 1. The van der Waals surface area contributed by atoms with Gasteiger partial charge in [-0.1, -0.05) is 0 Å². The molecule has 1 saturated heterocycles. The molecule has 7 heteroatoms. The van der Waals surface area contributed by atoms with Gasteiger partial charge in [-0.3, -0.25) is 19.7 Å². The van der Waals surface area contributed by atoms with Crippen LogP contribution in [0.4, 0.5) is 4.39 Å². The van der Waals surface area contributed by atoms with Gasteiger partial charge in [0, 0.05) is 43.7 Å². The van der Waals surface area contributed by atoms with Gasteiger partial charge in [0.1, 0.15) is 5.82 Å². The number of hydrogen-bond donors (Lipinski definition) is 2. The molecule has 3 aliphatic rings. The molecule has 1 aromatic rings. The summed E-state index contributed by atoms with van der Waals surface area (Å²) in [4.78, 5) is 28.2. The van der Waals surface area contributed by atoms with Gasteiger partial charge >= 0.3 is 0 Å². The van der Waals surface area contributed by atoms with Crippen LogP contribution < -0.4 is 5.48 Å². The van der Waals surface area contributed by atoms with Crippen LogP contribution in [-0.4, -0.2) is 51.5 Å². The lowest BCUT2D eigenvalue weighted by molar-refractivity contribution is -0.153. The minimum absolute atomic E-state index is 0.0885. The lowest BCUT2D eigenvalue weighted by Gasteiger charge is -2.61. The number of rotatable bonds is 2. The second-order valence-corrected chi connectivity index (χ2v) is 8.04. The van der Waals surface area contributed by atoms with Crippen LogP contribution in [0.1, 0.15) is 60.5 Å². The van der Waals surface area contributed by atoms with Crippen LogP contribution in [0.15, 0.2) is 12.1 Å². The summed E-state index contributed by atoms with van der Waals surface area (Å²) in [6.45, 7) is 3.76. The largest absolute Gasteiger partial charge is 0.336 e. The lowest BCUT2D eigenvalue weighted by atomic mass is 9.64. The predicted molar refractivity (Wildman–Crippen MR) is 96.8 cm³/mol. The fraction of sp³-hybridized carbons (Fsp3) is 0.600. The van der Waals surface area contributed by atoms with Gasteiger partial charge < -0.3 is 4.90 Å². The first-order valence-electron chi connectivity index (χ1n) is 9.74. The van der Waals surface area contributed by atoms with Crippen molar-refractivity contribution in [3.63, 3.8) is 0 Å². The molecule has 2 atom stereocenters. The zero-order valence-corrected chi connectivity index (χ0v) is 15.6. The summed E-state index contributed by atoms with van der Waals surface area (Å²) in [5, 5.41) is 8.79. The third-order valence-electron chi connectivity index (χ3n) is 6.75. The summed E-state index contributed by atoms with van der Waals surface area (Å²) in [7, 11) is 0. The molecule has 27 heavy (non-hydrogen) atoms. The normalized spacial score (nSPS) is 27.8. The molecule has 0 aromatic heterocycles. The highest BCUT2D eigenvalue weighted by Gasteiger charge is 2.55. The molecular formula is C20H26FN3O3. The number of hydroxylamine groups is 1. The first-order valence-corrected chi connectivity index (χ1v) is 9.74. The van der Waals surface area contributed by atoms with Gasteiger partial charge in [-0.2, -0.15) is 0 Å². The highest BCUT2D eigenvalue weighted by atomic mass is 19.1. The Bertz CT molecular complexity index is 784. The fourth-order valence-electron chi connectivity index (χ4n) is 5.37. The van der Waals surface area contributed by atoms with Crippen LogP contribution in [-0.2, 0) is 17.8 Å². The van der Waals surface area contributed by atoms with Gasteiger partial charge in [-0.25, -0.2) is 9.87 Å². The van der Waals surface area contributed by atoms with E-state index >= 15 is 0 Å². The summed E-state index contributed by atoms with van der Waals surface area (Å²) >= 11 is 0. The highest BCUT2D eigenvalue weighted by Crippen LogP contribution is 2.48. The maximum absolute atomic E-state index is 14.7. The van der Waals surface area contributed by atoms with Gasteiger partial charge in [0.05, 0.1) is 5.54 Å². The molecule has 2 fully saturated rings. The Kier molecular flexibility index (Phi) is 4.68. The van der Waals surface area contributed by atoms with E-state index in [1.54, 1.807) is 18.5 Å². The van der Waals surface area contributed by atoms with Gasteiger partial charge in [0.25, 0.3) is 5.91 Å². The molecule has 2 heterocycles. The van der Waals surface area contributed by atoms with Crippen LogP contribution in [0.5, 0.6) is 0 Å². The Hall–Kier alpha value is -1.99. The van der Waals surface area contributed by atoms with Gasteiger partial charge in [-0.05, 0) is 56.2 Å². The zero-order chi connectivity index (χ0) is 19.2. The highest BCUT2D eigenvalue weighted by molar-refractivity contribution is 5.93. The minimum Gasteiger partial charge on any atom is -0.336 e. The molecule has 4 rings (SSSR count). The van der Waals surface area contributed by atoms with E-state index < -0.39 is 11.7 Å². The smallest absolute Gasteiger partial charge is 0.274 e. The number of likely N-dealkylation sites (tertiary alicyclic amines) is 1. The van der Waals surface area contributed by atoms with Crippen LogP contribution in [0.25, 0.3) is 0 Å². The van der Waals surface area contributed by atoms with Crippen molar-refractivity contribution < 1.29 is 19.2 Å². The molecule has 6 nitrogen and oxygen atoms in total. The molecular weight excluding hydrogens is 349 g/mol. The van der Waals surface area contributed by atoms with Crippen LogP contribution in [0.3, 0.4) is 0 Å². The van der Waals surface area contributed by atoms with E-state index in [0.29, 0.717) is 18.5 Å². The molecule has 0 unspecified atom stereocenters. The second kappa shape index (κ2) is 6.87. The lowest BCUT2D eigenvalue weighted by Crippen LogP contribution is -2.71. The Morgan fingerprint density at radius 3 is 2.74 bits per heavy atom. The Morgan fingerprint density at radius 2 is 2.07 bits per heavy atom. The number of nitrogens with zero attached hydrogens (tertiary/aromatic N) is 2. The molecule has 1 saturated carbocycles. The maximum atomic E-state index is 14.7. The number of fused-ring (bicyclic) bond motifs is 1. The number of nitrogens with one attached hydrogen (secondary N) is 1. The number of carbonyl (C=O) groups is 2. The van der Waals surface area contributed by atoms with Crippen molar-refractivity contribution in [2.75, 3.05) is 13.1 Å². The predicted octanol–water partition coefficient (Wildman–Crippen LogP) is 2.24. The summed E-state index contributed by atoms with van der Waals surface area (Å²) in [5.41, 5.74) is 3.06. The third kappa shape index (κ3) is 2.93. The van der Waals surface area contributed by atoms with E-state index in [1.165, 1.54) is 6.07 Å². The average molecular weight is 375 g/mol. The quantitative estimate of drug-likeness (QED) is 0.614. The van der Waals surface area contributed by atoms with E-state index in [2.05, 4.69) is 9.80 Å². The van der Waals surface area contributed by atoms with E-state index in [0.717, 1.165) is 50.8 Å². The molecule has 1 spiro atoms. The van der Waals surface area contributed by atoms with Crippen molar-refractivity contribution in [2.45, 2.75) is 63.6 Å². The molecule has 0 radical (unpaired) electrons. The van der Waals surface area contributed by atoms with Crippen molar-refractivity contribution in [3.8, 4) is 0 Å². The molecule has 1 aliphatic carbocycles.